The molecular formula is C16H28N2O3. The van der Waals surface area contributed by atoms with Crippen LogP contribution in [0.4, 0.5) is 0 Å². The van der Waals surface area contributed by atoms with Crippen molar-refractivity contribution >= 4 is 11.8 Å². The maximum atomic E-state index is 12.7. The van der Waals surface area contributed by atoms with E-state index in [9.17, 15) is 9.59 Å². The summed E-state index contributed by atoms with van der Waals surface area (Å²) in [6.45, 7) is 6.91. The summed E-state index contributed by atoms with van der Waals surface area (Å²) >= 11 is 0. The van der Waals surface area contributed by atoms with Crippen LogP contribution in [0.1, 0.15) is 59.3 Å². The molecule has 1 spiro atoms. The molecule has 21 heavy (non-hydrogen) atoms. The quantitative estimate of drug-likeness (QED) is 0.842. The van der Waals surface area contributed by atoms with Gasteiger partial charge in [0.25, 0.3) is 0 Å². The molecule has 5 nitrogen and oxygen atoms in total. The molecule has 1 heterocycles. The van der Waals surface area contributed by atoms with E-state index in [2.05, 4.69) is 5.32 Å². The number of amides is 2. The summed E-state index contributed by atoms with van der Waals surface area (Å²) in [6.07, 6.45) is 5.52. The Morgan fingerprint density at radius 3 is 2.52 bits per heavy atom. The lowest BCUT2D eigenvalue weighted by atomic mass is 9.77. The number of ether oxygens (including phenoxy) is 1. The van der Waals surface area contributed by atoms with Crippen LogP contribution in [-0.4, -0.2) is 47.6 Å². The van der Waals surface area contributed by atoms with Gasteiger partial charge in [0.2, 0.25) is 11.8 Å². The predicted molar refractivity (Wildman–Crippen MR) is 80.8 cm³/mol. The zero-order valence-electron chi connectivity index (χ0n) is 13.5. The minimum Gasteiger partial charge on any atom is -0.377 e. The molecule has 0 radical (unpaired) electrons. The van der Waals surface area contributed by atoms with Crippen LogP contribution >= 0.6 is 0 Å². The summed E-state index contributed by atoms with van der Waals surface area (Å²) in [5.41, 5.74) is -0.624. The van der Waals surface area contributed by atoms with Crippen LogP contribution in [0.2, 0.25) is 0 Å². The Labute approximate surface area is 127 Å². The number of hydrogen-bond donors (Lipinski definition) is 1. The predicted octanol–water partition coefficient (Wildman–Crippen LogP) is 1.85. The lowest BCUT2D eigenvalue weighted by Crippen LogP contribution is -2.71. The van der Waals surface area contributed by atoms with E-state index in [1.54, 1.807) is 0 Å². The molecule has 1 aliphatic heterocycles. The SMILES string of the molecule is CCC1NC(=O)C2(CCCCC2)N(CCOC(C)C)C1=O. The van der Waals surface area contributed by atoms with E-state index in [0.29, 0.717) is 19.6 Å². The van der Waals surface area contributed by atoms with Crippen LogP contribution in [0, 0.1) is 0 Å². The van der Waals surface area contributed by atoms with E-state index in [1.165, 1.54) is 0 Å². The average molecular weight is 296 g/mol. The van der Waals surface area contributed by atoms with Gasteiger partial charge in [-0.05, 0) is 33.1 Å². The zero-order valence-corrected chi connectivity index (χ0v) is 13.5. The minimum atomic E-state index is -0.624. The number of hydrogen-bond acceptors (Lipinski definition) is 3. The molecule has 1 unspecified atom stereocenters. The molecule has 2 amide bonds. The molecule has 2 aliphatic rings. The molecule has 1 aliphatic carbocycles. The van der Waals surface area contributed by atoms with Crippen molar-refractivity contribution in [1.29, 1.82) is 0 Å². The standard InChI is InChI=1S/C16H28N2O3/c1-4-13-14(19)18(10-11-21-12(2)3)16(15(20)17-13)8-6-5-7-9-16/h12-13H,4-11H2,1-3H3,(H,17,20). The summed E-state index contributed by atoms with van der Waals surface area (Å²) in [4.78, 5) is 27.2. The fraction of sp³-hybridized carbons (Fsp3) is 0.875. The number of rotatable bonds is 5. The number of nitrogens with one attached hydrogen (secondary N) is 1. The largest absolute Gasteiger partial charge is 0.377 e. The Bertz CT molecular complexity index is 389. The third-order valence-corrected chi connectivity index (χ3v) is 4.66. The first-order valence-corrected chi connectivity index (χ1v) is 8.25. The Balaban J connectivity index is 2.17. The fourth-order valence-corrected chi connectivity index (χ4v) is 3.49. The van der Waals surface area contributed by atoms with Gasteiger partial charge in [0.15, 0.2) is 0 Å². The molecule has 5 heteroatoms. The maximum Gasteiger partial charge on any atom is 0.246 e. The molecule has 2 rings (SSSR count). The highest BCUT2D eigenvalue weighted by Gasteiger charge is 2.51. The molecular weight excluding hydrogens is 268 g/mol. The second-order valence-electron chi connectivity index (χ2n) is 6.44. The van der Waals surface area contributed by atoms with Crippen molar-refractivity contribution in [2.75, 3.05) is 13.2 Å². The third-order valence-electron chi connectivity index (χ3n) is 4.66. The van der Waals surface area contributed by atoms with Crippen LogP contribution in [0.5, 0.6) is 0 Å². The number of carbonyl (C=O) groups excluding carboxylic acids is 2. The molecule has 0 aromatic carbocycles. The summed E-state index contributed by atoms with van der Waals surface area (Å²) in [6, 6.07) is -0.371. The molecule has 0 bridgehead atoms. The first kappa shape index (κ1) is 16.3. The summed E-state index contributed by atoms with van der Waals surface area (Å²) in [7, 11) is 0. The first-order chi connectivity index (χ1) is 10.0. The second-order valence-corrected chi connectivity index (χ2v) is 6.44. The van der Waals surface area contributed by atoms with Gasteiger partial charge in [0, 0.05) is 6.54 Å². The zero-order chi connectivity index (χ0) is 15.5. The Morgan fingerprint density at radius 1 is 1.29 bits per heavy atom. The highest BCUT2D eigenvalue weighted by Crippen LogP contribution is 2.36. The Morgan fingerprint density at radius 2 is 1.95 bits per heavy atom. The van der Waals surface area contributed by atoms with Crippen molar-refractivity contribution in [2.24, 2.45) is 0 Å². The van der Waals surface area contributed by atoms with Gasteiger partial charge in [0.1, 0.15) is 11.6 Å². The number of carbonyl (C=O) groups is 2. The van der Waals surface area contributed by atoms with Crippen molar-refractivity contribution in [1.82, 2.24) is 10.2 Å². The van der Waals surface area contributed by atoms with E-state index >= 15 is 0 Å². The van der Waals surface area contributed by atoms with Crippen molar-refractivity contribution in [3.05, 3.63) is 0 Å². The lowest BCUT2D eigenvalue weighted by molar-refractivity contribution is -0.161. The van der Waals surface area contributed by atoms with Gasteiger partial charge in [0.05, 0.1) is 12.7 Å². The third kappa shape index (κ3) is 3.23. The molecule has 120 valence electrons. The summed E-state index contributed by atoms with van der Waals surface area (Å²) < 4.78 is 5.61. The molecule has 2 fully saturated rings. The van der Waals surface area contributed by atoms with E-state index in [4.69, 9.17) is 4.74 Å². The maximum absolute atomic E-state index is 12.7. The topological polar surface area (TPSA) is 58.6 Å². The van der Waals surface area contributed by atoms with Crippen LogP contribution in [-0.2, 0) is 14.3 Å². The van der Waals surface area contributed by atoms with E-state index in [0.717, 1.165) is 32.1 Å². The monoisotopic (exact) mass is 296 g/mol. The normalized spacial score (nSPS) is 25.5. The van der Waals surface area contributed by atoms with Crippen molar-refractivity contribution in [3.63, 3.8) is 0 Å². The minimum absolute atomic E-state index is 0.0400. The lowest BCUT2D eigenvalue weighted by Gasteiger charge is -2.50. The Hall–Kier alpha value is -1.10. The molecule has 1 N–H and O–H groups in total. The van der Waals surface area contributed by atoms with Gasteiger partial charge in [-0.1, -0.05) is 26.2 Å². The Kier molecular flexibility index (Phi) is 5.25. The van der Waals surface area contributed by atoms with Gasteiger partial charge < -0.3 is 15.0 Å². The van der Waals surface area contributed by atoms with Crippen LogP contribution in [0.3, 0.4) is 0 Å². The molecule has 0 aromatic rings. The van der Waals surface area contributed by atoms with E-state index < -0.39 is 5.54 Å². The van der Waals surface area contributed by atoms with Gasteiger partial charge >= 0.3 is 0 Å². The average Bonchev–Trinajstić information content (AvgIpc) is 2.47. The van der Waals surface area contributed by atoms with Gasteiger partial charge in [-0.3, -0.25) is 9.59 Å². The van der Waals surface area contributed by atoms with Crippen LogP contribution in [0.15, 0.2) is 0 Å². The van der Waals surface area contributed by atoms with Crippen molar-refractivity contribution in [2.45, 2.75) is 77.0 Å². The summed E-state index contributed by atoms with van der Waals surface area (Å²) in [5, 5.41) is 2.93. The van der Waals surface area contributed by atoms with Crippen molar-refractivity contribution in [3.8, 4) is 0 Å². The highest BCUT2D eigenvalue weighted by atomic mass is 16.5. The number of nitrogens with zero attached hydrogens (tertiary/aromatic N) is 1. The molecule has 1 saturated carbocycles. The van der Waals surface area contributed by atoms with Crippen LogP contribution < -0.4 is 5.32 Å². The summed E-state index contributed by atoms with van der Waals surface area (Å²) in [5.74, 6) is 0.101. The van der Waals surface area contributed by atoms with E-state index in [1.807, 2.05) is 25.7 Å². The van der Waals surface area contributed by atoms with Gasteiger partial charge in [-0.25, -0.2) is 0 Å². The highest BCUT2D eigenvalue weighted by molar-refractivity contribution is 5.99. The van der Waals surface area contributed by atoms with Crippen LogP contribution in [0.25, 0.3) is 0 Å². The molecule has 1 saturated heterocycles. The van der Waals surface area contributed by atoms with Gasteiger partial charge in [-0.2, -0.15) is 0 Å². The molecule has 0 aromatic heterocycles. The van der Waals surface area contributed by atoms with E-state index in [-0.39, 0.29) is 24.0 Å². The second kappa shape index (κ2) is 6.77. The van der Waals surface area contributed by atoms with Gasteiger partial charge in [-0.15, -0.1) is 0 Å². The molecule has 1 atom stereocenters. The van der Waals surface area contributed by atoms with Crippen molar-refractivity contribution < 1.29 is 14.3 Å². The number of piperazine rings is 1. The first-order valence-electron chi connectivity index (χ1n) is 8.25. The smallest absolute Gasteiger partial charge is 0.246 e. The fourth-order valence-electron chi connectivity index (χ4n) is 3.49.